The Hall–Kier alpha value is -1.93. The molecule has 21 heavy (non-hydrogen) atoms. The van der Waals surface area contributed by atoms with Gasteiger partial charge < -0.3 is 0 Å². The van der Waals surface area contributed by atoms with E-state index >= 15 is 0 Å². The van der Waals surface area contributed by atoms with Crippen molar-refractivity contribution in [3.63, 3.8) is 0 Å². The molecule has 2 aromatic rings. The maximum Gasteiger partial charge on any atom is 0.145 e. The second-order valence-electron chi connectivity index (χ2n) is 5.98. The Morgan fingerprint density at radius 3 is 2.00 bits per heavy atom. The first kappa shape index (κ1) is 15.5. The molecular weight excluding hydrogens is 272 g/mol. The van der Waals surface area contributed by atoms with Gasteiger partial charge in [-0.2, -0.15) is 0 Å². The minimum Gasteiger partial charge on any atom is -0.298 e. The van der Waals surface area contributed by atoms with Crippen LogP contribution < -0.4 is 5.19 Å². The second-order valence-corrected chi connectivity index (χ2v) is 10.3. The molecule has 0 aromatic heterocycles. The summed E-state index contributed by atoms with van der Waals surface area (Å²) in [6.45, 7) is 6.66. The molecule has 0 fully saturated rings. The van der Waals surface area contributed by atoms with Gasteiger partial charge in [-0.15, -0.1) is 0 Å². The zero-order chi connectivity index (χ0) is 15.3. The fourth-order valence-corrected chi connectivity index (χ4v) is 4.93. The van der Waals surface area contributed by atoms with E-state index in [1.807, 2.05) is 24.3 Å². The largest absolute Gasteiger partial charge is 0.298 e. The van der Waals surface area contributed by atoms with Crippen molar-refractivity contribution in [1.82, 2.24) is 0 Å². The summed E-state index contributed by atoms with van der Waals surface area (Å²) in [6, 6.07) is 20.7. The molecule has 0 N–H and O–H groups in total. The first-order valence-corrected chi connectivity index (χ1v) is 10.4. The van der Waals surface area contributed by atoms with Crippen LogP contribution in [0.1, 0.15) is 18.4 Å². The molecule has 1 nitrogen and oxygen atoms in total. The number of allylic oxidation sites excluding steroid dienone is 1. The fourth-order valence-electron chi connectivity index (χ4n) is 2.56. The molecule has 1 atom stereocenters. The molecule has 0 spiro atoms. The van der Waals surface area contributed by atoms with Crippen LogP contribution in [0.2, 0.25) is 13.1 Å². The van der Waals surface area contributed by atoms with Gasteiger partial charge in [0.05, 0.1) is 0 Å². The van der Waals surface area contributed by atoms with Gasteiger partial charge in [0.25, 0.3) is 0 Å². The van der Waals surface area contributed by atoms with Gasteiger partial charge in [0, 0.05) is 5.92 Å². The summed E-state index contributed by atoms with van der Waals surface area (Å²) in [5.41, 5.74) is 4.31. The molecule has 0 bridgehead atoms. The summed E-state index contributed by atoms with van der Waals surface area (Å²) in [5, 5.41) is 1.35. The maximum absolute atomic E-state index is 11.6. The van der Waals surface area contributed by atoms with Crippen molar-refractivity contribution in [2.75, 3.05) is 0 Å². The highest BCUT2D eigenvalue weighted by Crippen LogP contribution is 2.24. The standard InChI is InChI=1S/C19H22OSi/c1-16(17-10-6-4-7-11-17)18(14-20)15-21(2,3)19-12-8-5-9-13-19/h4-16H,1-3H3/b18-15-. The summed E-state index contributed by atoms with van der Waals surface area (Å²) in [4.78, 5) is 11.6. The van der Waals surface area contributed by atoms with Crippen molar-refractivity contribution >= 4 is 19.5 Å². The zero-order valence-electron chi connectivity index (χ0n) is 12.9. The molecule has 0 amide bonds. The highest BCUT2D eigenvalue weighted by Gasteiger charge is 2.23. The van der Waals surface area contributed by atoms with E-state index in [1.165, 1.54) is 10.8 Å². The van der Waals surface area contributed by atoms with Crippen LogP contribution in [0, 0.1) is 0 Å². The van der Waals surface area contributed by atoms with E-state index < -0.39 is 8.07 Å². The molecule has 2 heteroatoms. The first-order valence-electron chi connectivity index (χ1n) is 7.33. The number of rotatable bonds is 5. The quantitative estimate of drug-likeness (QED) is 0.461. The maximum atomic E-state index is 11.6. The normalized spacial score (nSPS) is 13.8. The van der Waals surface area contributed by atoms with Crippen LogP contribution in [0.15, 0.2) is 71.9 Å². The van der Waals surface area contributed by atoms with Gasteiger partial charge in [-0.3, -0.25) is 4.79 Å². The minimum atomic E-state index is -1.75. The molecule has 0 saturated carbocycles. The molecule has 0 heterocycles. The van der Waals surface area contributed by atoms with Crippen LogP contribution in [0.25, 0.3) is 0 Å². The number of benzene rings is 2. The summed E-state index contributed by atoms with van der Waals surface area (Å²) in [7, 11) is -1.75. The van der Waals surface area contributed by atoms with Gasteiger partial charge >= 0.3 is 0 Å². The van der Waals surface area contributed by atoms with E-state index in [0.29, 0.717) is 0 Å². The number of hydrogen-bond acceptors (Lipinski definition) is 1. The third-order valence-corrected chi connectivity index (χ3v) is 6.86. The monoisotopic (exact) mass is 294 g/mol. The highest BCUT2D eigenvalue weighted by molar-refractivity contribution is 6.94. The lowest BCUT2D eigenvalue weighted by Gasteiger charge is -2.21. The Bertz CT molecular complexity index is 615. The van der Waals surface area contributed by atoms with E-state index in [4.69, 9.17) is 0 Å². The number of carbonyl (C=O) groups excluding carboxylic acids is 1. The van der Waals surface area contributed by atoms with E-state index in [1.54, 1.807) is 0 Å². The molecule has 0 aliphatic rings. The van der Waals surface area contributed by atoms with Gasteiger partial charge in [0.1, 0.15) is 14.4 Å². The number of carbonyl (C=O) groups is 1. The molecular formula is C19H22OSi. The summed E-state index contributed by atoms with van der Waals surface area (Å²) >= 11 is 0. The van der Waals surface area contributed by atoms with E-state index in [9.17, 15) is 4.79 Å². The van der Waals surface area contributed by atoms with Crippen molar-refractivity contribution in [3.8, 4) is 0 Å². The Labute approximate surface area is 128 Å². The van der Waals surface area contributed by atoms with Crippen LogP contribution >= 0.6 is 0 Å². The fraction of sp³-hybridized carbons (Fsp3) is 0.211. The van der Waals surface area contributed by atoms with Gasteiger partial charge in [-0.25, -0.2) is 0 Å². The summed E-state index contributed by atoms with van der Waals surface area (Å²) in [6.07, 6.45) is 1.02. The van der Waals surface area contributed by atoms with Crippen molar-refractivity contribution in [3.05, 3.63) is 77.5 Å². The number of hydrogen-bond donors (Lipinski definition) is 0. The van der Waals surface area contributed by atoms with E-state index in [2.05, 4.69) is 62.1 Å². The SMILES string of the molecule is CC(/C(C=O)=C\[Si](C)(C)c1ccccc1)c1ccccc1. The number of aldehydes is 1. The van der Waals surface area contributed by atoms with Crippen molar-refractivity contribution in [2.45, 2.75) is 25.9 Å². The van der Waals surface area contributed by atoms with Crippen LogP contribution in [0.4, 0.5) is 0 Å². The minimum absolute atomic E-state index is 0.138. The zero-order valence-corrected chi connectivity index (χ0v) is 13.9. The Balaban J connectivity index is 2.34. The summed E-state index contributed by atoms with van der Waals surface area (Å²) < 4.78 is 0. The van der Waals surface area contributed by atoms with Crippen molar-refractivity contribution < 1.29 is 4.79 Å². The summed E-state index contributed by atoms with van der Waals surface area (Å²) in [5.74, 6) is 0.138. The Morgan fingerprint density at radius 1 is 0.952 bits per heavy atom. The van der Waals surface area contributed by atoms with E-state index in [-0.39, 0.29) is 5.92 Å². The lowest BCUT2D eigenvalue weighted by molar-refractivity contribution is -0.105. The third-order valence-electron chi connectivity index (χ3n) is 3.98. The van der Waals surface area contributed by atoms with Gasteiger partial charge in [0.2, 0.25) is 0 Å². The predicted molar refractivity (Wildman–Crippen MR) is 92.6 cm³/mol. The lowest BCUT2D eigenvalue weighted by Crippen LogP contribution is -2.40. The second kappa shape index (κ2) is 6.68. The first-order chi connectivity index (χ1) is 10.0. The lowest BCUT2D eigenvalue weighted by atomic mass is 9.95. The Kier molecular flexibility index (Phi) is 4.92. The van der Waals surface area contributed by atoms with Gasteiger partial charge in [-0.1, -0.05) is 91.6 Å². The molecule has 2 aromatic carbocycles. The smallest absolute Gasteiger partial charge is 0.145 e. The molecule has 0 saturated heterocycles. The predicted octanol–water partition coefficient (Wildman–Crippen LogP) is 4.07. The van der Waals surface area contributed by atoms with Crippen LogP contribution in [0.5, 0.6) is 0 Å². The van der Waals surface area contributed by atoms with Crippen molar-refractivity contribution in [2.24, 2.45) is 0 Å². The third kappa shape index (κ3) is 3.79. The van der Waals surface area contributed by atoms with Crippen LogP contribution in [-0.2, 0) is 4.79 Å². The molecule has 1 unspecified atom stereocenters. The van der Waals surface area contributed by atoms with Crippen LogP contribution in [0.3, 0.4) is 0 Å². The average Bonchev–Trinajstić information content (AvgIpc) is 2.53. The average molecular weight is 294 g/mol. The molecule has 0 aliphatic carbocycles. The molecule has 2 rings (SSSR count). The molecule has 0 radical (unpaired) electrons. The van der Waals surface area contributed by atoms with Crippen LogP contribution in [-0.4, -0.2) is 14.4 Å². The molecule has 108 valence electrons. The van der Waals surface area contributed by atoms with E-state index in [0.717, 1.165) is 11.9 Å². The highest BCUT2D eigenvalue weighted by atomic mass is 28.3. The van der Waals surface area contributed by atoms with Crippen molar-refractivity contribution in [1.29, 1.82) is 0 Å². The van der Waals surface area contributed by atoms with Gasteiger partial charge in [0.15, 0.2) is 0 Å². The molecule has 0 aliphatic heterocycles. The topological polar surface area (TPSA) is 17.1 Å². The van der Waals surface area contributed by atoms with Gasteiger partial charge in [-0.05, 0) is 11.1 Å². The Morgan fingerprint density at radius 2 is 1.48 bits per heavy atom.